The van der Waals surface area contributed by atoms with Crippen LogP contribution in [0.1, 0.15) is 80.7 Å². The lowest BCUT2D eigenvalue weighted by atomic mass is 9.97. The Labute approximate surface area is 301 Å². The quantitative estimate of drug-likeness (QED) is 0.0904. The molecule has 0 amide bonds. The van der Waals surface area contributed by atoms with E-state index in [-0.39, 0.29) is 29.8 Å². The maximum atomic E-state index is 12.5. The first kappa shape index (κ1) is 39.5. The summed E-state index contributed by atoms with van der Waals surface area (Å²) in [7, 11) is -1.06. The highest BCUT2D eigenvalue weighted by atomic mass is 28.4. The molecule has 7 nitrogen and oxygen atoms in total. The predicted molar refractivity (Wildman–Crippen MR) is 202 cm³/mol. The van der Waals surface area contributed by atoms with E-state index >= 15 is 0 Å². The van der Waals surface area contributed by atoms with Crippen LogP contribution in [0.3, 0.4) is 0 Å². The van der Waals surface area contributed by atoms with Crippen molar-refractivity contribution in [3.8, 4) is 5.75 Å². The van der Waals surface area contributed by atoms with Crippen molar-refractivity contribution in [2.45, 2.75) is 117 Å². The van der Waals surface area contributed by atoms with Gasteiger partial charge in [-0.15, -0.1) is 0 Å². The molecule has 4 rings (SSSR count). The molecule has 272 valence electrons. The Morgan fingerprint density at radius 3 is 1.98 bits per heavy atom. The van der Waals surface area contributed by atoms with Crippen LogP contribution < -0.4 is 15.1 Å². The summed E-state index contributed by atoms with van der Waals surface area (Å²) < 4.78 is 37.7. The molecule has 0 N–H and O–H groups in total. The molecular weight excluding hydrogens is 645 g/mol. The van der Waals surface area contributed by atoms with Crippen LogP contribution in [0, 0.1) is 5.41 Å². The van der Waals surface area contributed by atoms with Crippen molar-refractivity contribution in [1.82, 2.24) is 0 Å². The van der Waals surface area contributed by atoms with Gasteiger partial charge in [-0.1, -0.05) is 106 Å². The molecule has 3 aromatic carbocycles. The molecule has 4 atom stereocenters. The molecule has 0 spiro atoms. The Balaban J connectivity index is 1.58. The minimum atomic E-state index is -2.71. The molecule has 3 aromatic rings. The number of carbonyl (C=O) groups excluding carboxylic acids is 1. The van der Waals surface area contributed by atoms with E-state index in [1.807, 2.05) is 58.9 Å². The van der Waals surface area contributed by atoms with Crippen molar-refractivity contribution < 1.29 is 32.9 Å². The third kappa shape index (κ3) is 10.2. The lowest BCUT2D eigenvalue weighted by molar-refractivity contribution is -0.159. The van der Waals surface area contributed by atoms with Gasteiger partial charge in [0, 0.05) is 12.5 Å². The summed E-state index contributed by atoms with van der Waals surface area (Å²) in [5, 5.41) is 2.38. The van der Waals surface area contributed by atoms with Crippen molar-refractivity contribution in [3.63, 3.8) is 0 Å². The average molecular weight is 703 g/mol. The van der Waals surface area contributed by atoms with Gasteiger partial charge in [-0.05, 0) is 81.1 Å². The molecule has 1 saturated heterocycles. The molecule has 50 heavy (non-hydrogen) atoms. The van der Waals surface area contributed by atoms with Gasteiger partial charge in [0.2, 0.25) is 0 Å². The number of ether oxygens (including phenoxy) is 5. The number of esters is 1. The summed E-state index contributed by atoms with van der Waals surface area (Å²) >= 11 is 0. The summed E-state index contributed by atoms with van der Waals surface area (Å²) in [6.07, 6.45) is 4.13. The van der Waals surface area contributed by atoms with Crippen LogP contribution in [0.2, 0.25) is 5.04 Å². The molecule has 8 heteroatoms. The lowest BCUT2D eigenvalue weighted by Gasteiger charge is -2.44. The van der Waals surface area contributed by atoms with Gasteiger partial charge in [-0.3, -0.25) is 4.79 Å². The van der Waals surface area contributed by atoms with E-state index in [0.717, 1.165) is 11.3 Å². The van der Waals surface area contributed by atoms with Gasteiger partial charge in [-0.2, -0.15) is 0 Å². The fourth-order valence-electron chi connectivity index (χ4n) is 6.47. The first-order chi connectivity index (χ1) is 23.6. The van der Waals surface area contributed by atoms with Crippen LogP contribution in [0.5, 0.6) is 5.75 Å². The summed E-state index contributed by atoms with van der Waals surface area (Å²) in [6.45, 7) is 19.0. The van der Waals surface area contributed by atoms with Crippen LogP contribution in [0.4, 0.5) is 0 Å². The molecule has 1 heterocycles. The zero-order valence-electron chi connectivity index (χ0n) is 31.7. The molecule has 0 aliphatic carbocycles. The third-order valence-electron chi connectivity index (χ3n) is 8.98. The van der Waals surface area contributed by atoms with E-state index in [9.17, 15) is 4.79 Å². The maximum Gasteiger partial charge on any atom is 0.311 e. The number of hydrogen-bond acceptors (Lipinski definition) is 7. The van der Waals surface area contributed by atoms with Gasteiger partial charge in [0.1, 0.15) is 18.0 Å². The largest absolute Gasteiger partial charge is 0.497 e. The van der Waals surface area contributed by atoms with Gasteiger partial charge < -0.3 is 28.1 Å². The standard InChI is InChI=1S/C42H58O7Si/c1-31(49-50(41(5,6)7,34-19-13-11-14-20-34)35-21-15-12-16-22-35)18-17-23-36(46-30-32-24-26-33(44-10)27-25-32)38-37(47-42(8,9)48-38)28-29-45-39(43)40(2,3)4/h11-17,19-27,31,36-38H,18,28-30H2,1-10H3/t31-,36?,37+,38-/m1/s1. The molecule has 0 saturated carbocycles. The molecule has 1 aliphatic rings. The normalized spacial score (nSPS) is 19.3. The van der Waals surface area contributed by atoms with Crippen LogP contribution in [-0.2, 0) is 34.8 Å². The average Bonchev–Trinajstić information content (AvgIpc) is 3.38. The van der Waals surface area contributed by atoms with Gasteiger partial charge >= 0.3 is 5.97 Å². The maximum absolute atomic E-state index is 12.5. The second kappa shape index (κ2) is 16.8. The first-order valence-electron chi connectivity index (χ1n) is 17.8. The number of hydrogen-bond donors (Lipinski definition) is 0. The van der Waals surface area contributed by atoms with Crippen LogP contribution in [-0.4, -0.2) is 58.2 Å². The van der Waals surface area contributed by atoms with Gasteiger partial charge in [0.05, 0.1) is 31.8 Å². The van der Waals surface area contributed by atoms with Crippen LogP contribution in [0.15, 0.2) is 97.1 Å². The van der Waals surface area contributed by atoms with Crippen molar-refractivity contribution >= 4 is 24.7 Å². The summed E-state index contributed by atoms with van der Waals surface area (Å²) in [5.74, 6) is -0.271. The molecule has 1 aliphatic heterocycles. The highest BCUT2D eigenvalue weighted by molar-refractivity contribution is 6.99. The molecule has 1 fully saturated rings. The molecular formula is C42H58O7Si. The monoisotopic (exact) mass is 702 g/mol. The Kier molecular flexibility index (Phi) is 13.3. The minimum Gasteiger partial charge on any atom is -0.497 e. The SMILES string of the molecule is COc1ccc(COC(C=CC[C@@H](C)O[Si](c2ccccc2)(c2ccccc2)C(C)(C)C)[C@H]2OC(C)(C)O[C@H]2CCOC(=O)C(C)(C)C)cc1. The van der Waals surface area contributed by atoms with E-state index < -0.39 is 31.7 Å². The minimum absolute atomic E-state index is 0.0791. The van der Waals surface area contributed by atoms with Crippen LogP contribution >= 0.6 is 0 Å². The third-order valence-corrected chi connectivity index (χ3v) is 14.1. The Hall–Kier alpha value is -3.27. The second-order valence-corrected chi connectivity index (χ2v) is 19.9. The lowest BCUT2D eigenvalue weighted by Crippen LogP contribution is -2.67. The number of benzene rings is 3. The fourth-order valence-corrected chi connectivity index (χ4v) is 11.2. The van der Waals surface area contributed by atoms with Crippen molar-refractivity contribution in [2.24, 2.45) is 5.41 Å². The van der Waals surface area contributed by atoms with E-state index in [1.165, 1.54) is 10.4 Å². The topological polar surface area (TPSA) is 72.5 Å². The van der Waals surface area contributed by atoms with Crippen LogP contribution in [0.25, 0.3) is 0 Å². The van der Waals surface area contributed by atoms with Gasteiger partial charge in [0.25, 0.3) is 8.32 Å². The highest BCUT2D eigenvalue weighted by Crippen LogP contribution is 2.38. The molecule has 0 aromatic heterocycles. The van der Waals surface area contributed by atoms with Crippen molar-refractivity contribution in [1.29, 1.82) is 0 Å². The van der Waals surface area contributed by atoms with E-state index in [0.29, 0.717) is 19.4 Å². The van der Waals surface area contributed by atoms with Gasteiger partial charge in [0.15, 0.2) is 5.79 Å². The Morgan fingerprint density at radius 1 is 0.880 bits per heavy atom. The zero-order valence-corrected chi connectivity index (χ0v) is 32.7. The zero-order chi connectivity index (χ0) is 36.6. The van der Waals surface area contributed by atoms with E-state index in [2.05, 4.69) is 101 Å². The Bertz CT molecular complexity index is 1470. The second-order valence-electron chi connectivity index (χ2n) is 15.7. The fraction of sp³-hybridized carbons (Fsp3) is 0.500. The van der Waals surface area contributed by atoms with Gasteiger partial charge in [-0.25, -0.2) is 0 Å². The predicted octanol–water partition coefficient (Wildman–Crippen LogP) is 7.99. The smallest absolute Gasteiger partial charge is 0.311 e. The highest BCUT2D eigenvalue weighted by Gasteiger charge is 2.51. The van der Waals surface area contributed by atoms with E-state index in [4.69, 9.17) is 28.1 Å². The molecule has 1 unspecified atom stereocenters. The van der Waals surface area contributed by atoms with Crippen molar-refractivity contribution in [2.75, 3.05) is 13.7 Å². The summed E-state index contributed by atoms with van der Waals surface area (Å²) in [4.78, 5) is 12.5. The number of rotatable bonds is 15. The first-order valence-corrected chi connectivity index (χ1v) is 19.7. The summed E-state index contributed by atoms with van der Waals surface area (Å²) in [5.41, 5.74) is 0.437. The molecule has 0 radical (unpaired) electrons. The number of carbonyl (C=O) groups is 1. The Morgan fingerprint density at radius 2 is 1.46 bits per heavy atom. The number of methoxy groups -OCH3 is 1. The van der Waals surface area contributed by atoms with Crippen molar-refractivity contribution in [3.05, 3.63) is 103 Å². The van der Waals surface area contributed by atoms with E-state index in [1.54, 1.807) is 7.11 Å². The molecule has 0 bridgehead atoms. The summed E-state index contributed by atoms with van der Waals surface area (Å²) in [6, 6.07) is 29.3.